The summed E-state index contributed by atoms with van der Waals surface area (Å²) in [5, 5.41) is 4.81. The molecule has 3 nitrogen and oxygen atoms in total. The van der Waals surface area contributed by atoms with E-state index in [2.05, 4.69) is 5.10 Å². The number of hydrogen-bond acceptors (Lipinski definition) is 3. The van der Waals surface area contributed by atoms with Crippen LogP contribution in [0, 0.1) is 0 Å². The predicted octanol–water partition coefficient (Wildman–Crippen LogP) is 2.39. The highest BCUT2D eigenvalue weighted by Crippen LogP contribution is 2.29. The summed E-state index contributed by atoms with van der Waals surface area (Å²) in [5.74, 6) is 0. The van der Waals surface area contributed by atoms with Crippen molar-refractivity contribution < 1.29 is 13.2 Å². The van der Waals surface area contributed by atoms with Crippen LogP contribution in [0.3, 0.4) is 0 Å². The van der Waals surface area contributed by atoms with Gasteiger partial charge in [-0.2, -0.15) is 5.10 Å². The summed E-state index contributed by atoms with van der Waals surface area (Å²) >= 11 is 5.57. The van der Waals surface area contributed by atoms with Crippen molar-refractivity contribution in [1.29, 1.82) is 0 Å². The lowest BCUT2D eigenvalue weighted by molar-refractivity contribution is -0.225. The van der Waals surface area contributed by atoms with E-state index in [-0.39, 0.29) is 4.90 Å². The third-order valence-corrected chi connectivity index (χ3v) is 2.27. The zero-order valence-electron chi connectivity index (χ0n) is 7.63. The van der Waals surface area contributed by atoms with Crippen molar-refractivity contribution in [3.63, 3.8) is 0 Å². The van der Waals surface area contributed by atoms with Crippen LogP contribution in [0.2, 0.25) is 0 Å². The SMILES string of the molecule is CCCCN1N=CN(C(F)(F)F)C1Cl. The molecule has 1 aliphatic heterocycles. The van der Waals surface area contributed by atoms with Crippen molar-refractivity contribution in [3.05, 3.63) is 0 Å². The predicted molar refractivity (Wildman–Crippen MR) is 47.6 cm³/mol. The van der Waals surface area contributed by atoms with Crippen molar-refractivity contribution in [1.82, 2.24) is 9.91 Å². The second kappa shape index (κ2) is 4.25. The second-order valence-corrected chi connectivity index (χ2v) is 3.32. The largest absolute Gasteiger partial charge is 0.488 e. The highest BCUT2D eigenvalue weighted by Gasteiger charge is 2.44. The van der Waals surface area contributed by atoms with Crippen LogP contribution < -0.4 is 0 Å². The van der Waals surface area contributed by atoms with Crippen LogP contribution in [0.15, 0.2) is 5.10 Å². The molecule has 0 spiro atoms. The molecule has 1 unspecified atom stereocenters. The molecule has 0 saturated heterocycles. The molecule has 0 bridgehead atoms. The molecular formula is C7H11ClF3N3. The molecule has 0 aliphatic carbocycles. The van der Waals surface area contributed by atoms with E-state index in [4.69, 9.17) is 11.6 Å². The minimum absolute atomic E-state index is 0.0736. The minimum Gasteiger partial charge on any atom is -0.259 e. The zero-order valence-corrected chi connectivity index (χ0v) is 8.39. The third-order valence-electron chi connectivity index (χ3n) is 1.83. The maximum Gasteiger partial charge on any atom is 0.488 e. The van der Waals surface area contributed by atoms with Gasteiger partial charge in [-0.05, 0) is 6.42 Å². The van der Waals surface area contributed by atoms with Gasteiger partial charge >= 0.3 is 6.30 Å². The molecule has 1 rings (SSSR count). The zero-order chi connectivity index (χ0) is 10.8. The van der Waals surface area contributed by atoms with Crippen molar-refractivity contribution in [3.8, 4) is 0 Å². The molecule has 14 heavy (non-hydrogen) atoms. The van der Waals surface area contributed by atoms with Crippen molar-refractivity contribution >= 4 is 17.9 Å². The molecule has 0 aromatic heterocycles. The standard InChI is InChI=1S/C7H11ClF3N3/c1-2-3-4-14-6(8)13(5-12-14)7(9,10)11/h5-6H,2-4H2,1H3. The van der Waals surface area contributed by atoms with Crippen LogP contribution >= 0.6 is 11.6 Å². The van der Waals surface area contributed by atoms with Gasteiger partial charge in [0.2, 0.25) is 5.62 Å². The Labute approximate surface area is 85.1 Å². The lowest BCUT2D eigenvalue weighted by Gasteiger charge is -2.26. The summed E-state index contributed by atoms with van der Waals surface area (Å²) in [6, 6.07) is 0. The van der Waals surface area contributed by atoms with Gasteiger partial charge in [0.1, 0.15) is 6.34 Å². The van der Waals surface area contributed by atoms with E-state index in [9.17, 15) is 13.2 Å². The summed E-state index contributed by atoms with van der Waals surface area (Å²) in [4.78, 5) is 0.0736. The molecule has 0 fully saturated rings. The molecule has 1 heterocycles. The Hall–Kier alpha value is -0.650. The molecule has 1 aliphatic rings. The first kappa shape index (κ1) is 11.4. The Morgan fingerprint density at radius 2 is 2.14 bits per heavy atom. The molecule has 0 saturated carbocycles. The number of alkyl halides is 4. The van der Waals surface area contributed by atoms with Gasteiger partial charge in [-0.3, -0.25) is 5.01 Å². The summed E-state index contributed by atoms with van der Waals surface area (Å²) in [5.41, 5.74) is -1.25. The van der Waals surface area contributed by atoms with E-state index in [0.29, 0.717) is 12.9 Å². The summed E-state index contributed by atoms with van der Waals surface area (Å²) < 4.78 is 36.7. The highest BCUT2D eigenvalue weighted by molar-refractivity contribution is 6.21. The van der Waals surface area contributed by atoms with E-state index < -0.39 is 11.9 Å². The molecule has 1 atom stereocenters. The molecule has 0 aromatic rings. The van der Waals surface area contributed by atoms with Crippen LogP contribution in [-0.2, 0) is 0 Å². The lowest BCUT2D eigenvalue weighted by Crippen LogP contribution is -2.44. The van der Waals surface area contributed by atoms with Crippen LogP contribution in [0.4, 0.5) is 13.2 Å². The van der Waals surface area contributed by atoms with Crippen LogP contribution in [-0.4, -0.2) is 34.7 Å². The Balaban J connectivity index is 2.52. The van der Waals surface area contributed by atoms with Crippen LogP contribution in [0.1, 0.15) is 19.8 Å². The number of hydrogen-bond donors (Lipinski definition) is 0. The summed E-state index contributed by atoms with van der Waals surface area (Å²) in [7, 11) is 0. The molecular weight excluding hydrogens is 219 g/mol. The number of hydrazone groups is 1. The van der Waals surface area contributed by atoms with E-state index in [0.717, 1.165) is 12.8 Å². The molecule has 7 heteroatoms. The van der Waals surface area contributed by atoms with Gasteiger partial charge in [0.05, 0.1) is 0 Å². The van der Waals surface area contributed by atoms with Gasteiger partial charge in [0.25, 0.3) is 0 Å². The van der Waals surface area contributed by atoms with Crippen molar-refractivity contribution in [2.24, 2.45) is 5.10 Å². The first-order valence-electron chi connectivity index (χ1n) is 4.26. The topological polar surface area (TPSA) is 18.8 Å². The first-order valence-corrected chi connectivity index (χ1v) is 4.70. The Bertz CT molecular complexity index is 219. The molecule has 0 radical (unpaired) electrons. The normalized spacial score (nSPS) is 22.2. The Kier molecular flexibility index (Phi) is 3.47. The smallest absolute Gasteiger partial charge is 0.259 e. The second-order valence-electron chi connectivity index (χ2n) is 2.93. The van der Waals surface area contributed by atoms with Gasteiger partial charge in [-0.25, -0.2) is 4.90 Å². The van der Waals surface area contributed by atoms with Crippen LogP contribution in [0.25, 0.3) is 0 Å². The maximum absolute atomic E-state index is 12.2. The lowest BCUT2D eigenvalue weighted by atomic mass is 10.3. The Morgan fingerprint density at radius 3 is 2.57 bits per heavy atom. The van der Waals surface area contributed by atoms with E-state index >= 15 is 0 Å². The molecule has 0 amide bonds. The number of halogens is 4. The van der Waals surface area contributed by atoms with Gasteiger partial charge in [0.15, 0.2) is 0 Å². The Morgan fingerprint density at radius 1 is 1.50 bits per heavy atom. The first-order chi connectivity index (χ1) is 6.46. The summed E-state index contributed by atoms with van der Waals surface area (Å²) in [6.07, 6.45) is -2.09. The molecule has 0 N–H and O–H groups in total. The summed E-state index contributed by atoms with van der Waals surface area (Å²) in [6.45, 7) is 2.39. The van der Waals surface area contributed by atoms with E-state index in [1.54, 1.807) is 0 Å². The fraction of sp³-hybridized carbons (Fsp3) is 0.857. The number of rotatable bonds is 3. The van der Waals surface area contributed by atoms with Crippen LogP contribution in [0.5, 0.6) is 0 Å². The monoisotopic (exact) mass is 229 g/mol. The molecule has 82 valence electrons. The van der Waals surface area contributed by atoms with E-state index in [1.165, 1.54) is 5.01 Å². The average Bonchev–Trinajstić information content (AvgIpc) is 2.42. The van der Waals surface area contributed by atoms with Crippen molar-refractivity contribution in [2.45, 2.75) is 31.7 Å². The highest BCUT2D eigenvalue weighted by atomic mass is 35.5. The molecule has 0 aromatic carbocycles. The number of nitrogens with zero attached hydrogens (tertiary/aromatic N) is 3. The number of unbranched alkanes of at least 4 members (excludes halogenated alkanes) is 1. The van der Waals surface area contributed by atoms with Gasteiger partial charge in [0, 0.05) is 6.54 Å². The van der Waals surface area contributed by atoms with Gasteiger partial charge in [-0.15, -0.1) is 13.2 Å². The maximum atomic E-state index is 12.2. The van der Waals surface area contributed by atoms with Gasteiger partial charge < -0.3 is 0 Å². The third kappa shape index (κ3) is 2.43. The van der Waals surface area contributed by atoms with Crippen molar-refractivity contribution in [2.75, 3.05) is 6.54 Å². The fourth-order valence-electron chi connectivity index (χ4n) is 1.05. The quantitative estimate of drug-likeness (QED) is 0.547. The average molecular weight is 230 g/mol. The van der Waals surface area contributed by atoms with Gasteiger partial charge in [-0.1, -0.05) is 24.9 Å². The minimum atomic E-state index is -4.46. The van der Waals surface area contributed by atoms with E-state index in [1.807, 2.05) is 6.92 Å². The fourth-order valence-corrected chi connectivity index (χ4v) is 1.36.